The monoisotopic (exact) mass is 216 g/mol. The molecule has 0 aromatic carbocycles. The van der Waals surface area contributed by atoms with Gasteiger partial charge in [-0.3, -0.25) is 9.69 Å². The van der Waals surface area contributed by atoms with Crippen molar-refractivity contribution < 1.29 is 9.59 Å². The molecule has 80 valence electrons. The molecule has 3 amide bonds. The van der Waals surface area contributed by atoms with Gasteiger partial charge in [0, 0.05) is 6.54 Å². The first-order valence-electron chi connectivity index (χ1n) is 4.77. The van der Waals surface area contributed by atoms with Crippen molar-refractivity contribution in [1.29, 1.82) is 0 Å². The number of hydrogen-bond acceptors (Lipinski definition) is 3. The van der Waals surface area contributed by atoms with Crippen molar-refractivity contribution in [2.75, 3.05) is 6.54 Å². The summed E-state index contributed by atoms with van der Waals surface area (Å²) in [5.41, 5.74) is 0. The van der Waals surface area contributed by atoms with Gasteiger partial charge >= 0.3 is 6.03 Å². The summed E-state index contributed by atoms with van der Waals surface area (Å²) in [6.07, 6.45) is 0.553. The fourth-order valence-electron chi connectivity index (χ4n) is 1.63. The highest BCUT2D eigenvalue weighted by Gasteiger charge is 2.48. The van der Waals surface area contributed by atoms with Crippen molar-refractivity contribution in [2.24, 2.45) is 5.92 Å². The zero-order chi connectivity index (χ0) is 10.9. The van der Waals surface area contributed by atoms with Gasteiger partial charge < -0.3 is 5.32 Å². The summed E-state index contributed by atoms with van der Waals surface area (Å²) in [6.45, 7) is 6.15. The van der Waals surface area contributed by atoms with Gasteiger partial charge in [-0.05, 0) is 19.3 Å². The van der Waals surface area contributed by atoms with Crippen LogP contribution < -0.4 is 5.32 Å². The molecule has 1 fully saturated rings. The summed E-state index contributed by atoms with van der Waals surface area (Å²) in [5.74, 6) is 0.0792. The molecule has 1 aliphatic heterocycles. The lowest BCUT2D eigenvalue weighted by Crippen LogP contribution is -2.42. The zero-order valence-electron chi connectivity index (χ0n) is 8.70. The molecule has 0 aliphatic carbocycles. The Morgan fingerprint density at radius 1 is 1.50 bits per heavy atom. The first-order valence-corrected chi connectivity index (χ1v) is 5.22. The summed E-state index contributed by atoms with van der Waals surface area (Å²) in [4.78, 5) is 23.3. The van der Waals surface area contributed by atoms with E-state index in [1.165, 1.54) is 4.90 Å². The number of amides is 3. The molecule has 0 saturated carbocycles. The molecule has 1 saturated heterocycles. The second kappa shape index (κ2) is 3.81. The van der Waals surface area contributed by atoms with Gasteiger partial charge in [0.2, 0.25) is 0 Å². The highest BCUT2D eigenvalue weighted by atomic mass is 32.1. The van der Waals surface area contributed by atoms with E-state index in [2.05, 4.69) is 17.9 Å². The Labute approximate surface area is 89.4 Å². The first-order chi connectivity index (χ1) is 6.40. The van der Waals surface area contributed by atoms with Crippen LogP contribution in [0, 0.1) is 5.92 Å². The fraction of sp³-hybridized carbons (Fsp3) is 0.778. The predicted octanol–water partition coefficient (Wildman–Crippen LogP) is 1.23. The quantitative estimate of drug-likeness (QED) is 0.550. The Morgan fingerprint density at radius 2 is 2.07 bits per heavy atom. The van der Waals surface area contributed by atoms with Gasteiger partial charge in [-0.1, -0.05) is 13.8 Å². The maximum atomic E-state index is 11.8. The molecule has 1 aliphatic rings. The van der Waals surface area contributed by atoms with E-state index in [-0.39, 0.29) is 11.9 Å². The van der Waals surface area contributed by atoms with Crippen molar-refractivity contribution in [3.05, 3.63) is 0 Å². The van der Waals surface area contributed by atoms with Crippen LogP contribution in [0.4, 0.5) is 4.79 Å². The topological polar surface area (TPSA) is 49.4 Å². The maximum absolute atomic E-state index is 11.8. The van der Waals surface area contributed by atoms with Gasteiger partial charge in [-0.15, -0.1) is 12.6 Å². The lowest BCUT2D eigenvalue weighted by atomic mass is 10.0. The number of hydrogen-bond donors (Lipinski definition) is 2. The SMILES string of the molecule is CCN1C(=O)NC(S)(CC(C)C)C1=O. The van der Waals surface area contributed by atoms with Crippen molar-refractivity contribution in [3.63, 3.8) is 0 Å². The Morgan fingerprint density at radius 3 is 2.43 bits per heavy atom. The van der Waals surface area contributed by atoms with E-state index in [1.807, 2.05) is 13.8 Å². The molecule has 1 rings (SSSR count). The zero-order valence-corrected chi connectivity index (χ0v) is 9.60. The second-order valence-corrected chi connectivity index (χ2v) is 4.70. The summed E-state index contributed by atoms with van der Waals surface area (Å²) < 4.78 is 0. The Balaban J connectivity index is 2.83. The number of carbonyl (C=O) groups excluding carboxylic acids is 2. The van der Waals surface area contributed by atoms with E-state index >= 15 is 0 Å². The molecule has 14 heavy (non-hydrogen) atoms. The summed E-state index contributed by atoms with van der Waals surface area (Å²) in [6, 6.07) is -0.340. The van der Waals surface area contributed by atoms with Crippen LogP contribution in [0.2, 0.25) is 0 Å². The third-order valence-electron chi connectivity index (χ3n) is 2.18. The average molecular weight is 216 g/mol. The van der Waals surface area contributed by atoms with Crippen molar-refractivity contribution in [3.8, 4) is 0 Å². The standard InChI is InChI=1S/C9H16N2O2S/c1-4-11-7(12)9(14,5-6(2)3)10-8(11)13/h6,14H,4-5H2,1-3H3,(H,10,13). The largest absolute Gasteiger partial charge is 0.325 e. The molecule has 0 aromatic rings. The Bertz CT molecular complexity index is 268. The third-order valence-corrected chi connectivity index (χ3v) is 2.66. The van der Waals surface area contributed by atoms with Crippen LogP contribution in [0.3, 0.4) is 0 Å². The number of imide groups is 1. The molecule has 0 spiro atoms. The number of rotatable bonds is 3. The minimum atomic E-state index is -0.999. The minimum absolute atomic E-state index is 0.234. The van der Waals surface area contributed by atoms with Crippen molar-refractivity contribution in [1.82, 2.24) is 10.2 Å². The number of nitrogens with one attached hydrogen (secondary N) is 1. The van der Waals surface area contributed by atoms with E-state index in [1.54, 1.807) is 6.92 Å². The van der Waals surface area contributed by atoms with Crippen molar-refractivity contribution >= 4 is 24.6 Å². The van der Waals surface area contributed by atoms with Gasteiger partial charge in [0.1, 0.15) is 0 Å². The number of urea groups is 1. The van der Waals surface area contributed by atoms with E-state index in [4.69, 9.17) is 0 Å². The molecule has 4 nitrogen and oxygen atoms in total. The Kier molecular flexibility index (Phi) is 3.09. The van der Waals surface area contributed by atoms with Crippen LogP contribution >= 0.6 is 12.6 Å². The van der Waals surface area contributed by atoms with Gasteiger partial charge in [0.15, 0.2) is 4.87 Å². The maximum Gasteiger partial charge on any atom is 0.325 e. The smallest absolute Gasteiger partial charge is 0.315 e. The predicted molar refractivity (Wildman–Crippen MR) is 57.1 cm³/mol. The van der Waals surface area contributed by atoms with Crippen LogP contribution in [-0.4, -0.2) is 28.3 Å². The van der Waals surface area contributed by atoms with Gasteiger partial charge in [0.05, 0.1) is 0 Å². The molecular formula is C9H16N2O2S. The normalized spacial score (nSPS) is 27.4. The number of likely N-dealkylation sites (N-methyl/N-ethyl adjacent to an activating group) is 1. The lowest BCUT2D eigenvalue weighted by molar-refractivity contribution is -0.128. The van der Waals surface area contributed by atoms with Gasteiger partial charge in [-0.2, -0.15) is 0 Å². The highest BCUT2D eigenvalue weighted by Crippen LogP contribution is 2.28. The lowest BCUT2D eigenvalue weighted by Gasteiger charge is -2.22. The number of carbonyl (C=O) groups is 2. The summed E-state index contributed by atoms with van der Waals surface area (Å²) in [7, 11) is 0. The van der Waals surface area contributed by atoms with E-state index in [0.717, 1.165) is 0 Å². The molecule has 1 N–H and O–H groups in total. The molecule has 1 heterocycles. The van der Waals surface area contributed by atoms with E-state index in [9.17, 15) is 9.59 Å². The molecule has 0 aromatic heterocycles. The molecule has 0 radical (unpaired) electrons. The minimum Gasteiger partial charge on any atom is -0.315 e. The van der Waals surface area contributed by atoms with E-state index in [0.29, 0.717) is 18.9 Å². The molecular weight excluding hydrogens is 200 g/mol. The first kappa shape index (κ1) is 11.4. The number of nitrogens with zero attached hydrogens (tertiary/aromatic N) is 1. The van der Waals surface area contributed by atoms with Crippen LogP contribution in [0.15, 0.2) is 0 Å². The van der Waals surface area contributed by atoms with Crippen LogP contribution in [0.1, 0.15) is 27.2 Å². The molecule has 5 heteroatoms. The van der Waals surface area contributed by atoms with Gasteiger partial charge in [-0.25, -0.2) is 4.79 Å². The van der Waals surface area contributed by atoms with Crippen molar-refractivity contribution in [2.45, 2.75) is 32.1 Å². The Hall–Kier alpha value is -0.710. The van der Waals surface area contributed by atoms with Crippen LogP contribution in [0.5, 0.6) is 0 Å². The molecule has 1 unspecified atom stereocenters. The second-order valence-electron chi connectivity index (χ2n) is 3.94. The average Bonchev–Trinajstić information content (AvgIpc) is 2.21. The van der Waals surface area contributed by atoms with E-state index < -0.39 is 4.87 Å². The van der Waals surface area contributed by atoms with Crippen LogP contribution in [-0.2, 0) is 4.79 Å². The highest BCUT2D eigenvalue weighted by molar-refractivity contribution is 7.82. The summed E-state index contributed by atoms with van der Waals surface area (Å²) >= 11 is 4.26. The van der Waals surface area contributed by atoms with Gasteiger partial charge in [0.25, 0.3) is 5.91 Å². The van der Waals surface area contributed by atoms with Crippen LogP contribution in [0.25, 0.3) is 0 Å². The molecule has 0 bridgehead atoms. The number of thiol groups is 1. The fourth-order valence-corrected chi connectivity index (χ4v) is 2.21. The third kappa shape index (κ3) is 1.87. The molecule has 1 atom stereocenters. The summed E-state index contributed by atoms with van der Waals surface area (Å²) in [5, 5.41) is 2.61.